The van der Waals surface area contributed by atoms with Gasteiger partial charge in [-0.1, -0.05) is 13.8 Å². The molecule has 2 rings (SSSR count). The van der Waals surface area contributed by atoms with Crippen molar-refractivity contribution in [1.82, 2.24) is 4.98 Å². The van der Waals surface area contributed by atoms with Crippen LogP contribution in [0.1, 0.15) is 30.6 Å². The highest BCUT2D eigenvalue weighted by molar-refractivity contribution is 5.95. The first-order chi connectivity index (χ1) is 9.93. The minimum absolute atomic E-state index is 0.147. The molecule has 0 aliphatic carbocycles. The molecule has 0 radical (unpaired) electrons. The van der Waals surface area contributed by atoms with Crippen molar-refractivity contribution in [3.63, 3.8) is 0 Å². The van der Waals surface area contributed by atoms with Crippen LogP contribution in [0.15, 0.2) is 12.3 Å². The first kappa shape index (κ1) is 15.2. The van der Waals surface area contributed by atoms with Crippen LogP contribution >= 0.6 is 0 Å². The zero-order chi connectivity index (χ0) is 15.6. The molecule has 0 aromatic carbocycles. The Hall–Kier alpha value is -2.18. The Bertz CT molecular complexity index is 561. The van der Waals surface area contributed by atoms with Crippen molar-refractivity contribution in [2.75, 3.05) is 25.1 Å². The summed E-state index contributed by atoms with van der Waals surface area (Å²) in [5.41, 5.74) is -0.0639. The van der Waals surface area contributed by atoms with Crippen molar-refractivity contribution in [2.24, 2.45) is 11.8 Å². The van der Waals surface area contributed by atoms with Crippen molar-refractivity contribution in [3.05, 3.63) is 27.9 Å². The van der Waals surface area contributed by atoms with Crippen LogP contribution in [-0.4, -0.2) is 36.1 Å². The summed E-state index contributed by atoms with van der Waals surface area (Å²) in [5, 5.41) is 10.8. The monoisotopic (exact) mass is 293 g/mol. The number of hydrogen-bond donors (Lipinski definition) is 0. The van der Waals surface area contributed by atoms with Gasteiger partial charge in [0.15, 0.2) is 0 Å². The maximum absolute atomic E-state index is 11.9. The number of carbonyl (C=O) groups is 1. The smallest absolute Gasteiger partial charge is 0.341 e. The molecule has 2 unspecified atom stereocenters. The second kappa shape index (κ2) is 6.07. The van der Waals surface area contributed by atoms with Crippen molar-refractivity contribution in [3.8, 4) is 0 Å². The van der Waals surface area contributed by atoms with E-state index in [-0.39, 0.29) is 11.3 Å². The van der Waals surface area contributed by atoms with Gasteiger partial charge in [0.25, 0.3) is 5.69 Å². The molecule has 7 heteroatoms. The van der Waals surface area contributed by atoms with Gasteiger partial charge in [0.05, 0.1) is 12.0 Å². The number of esters is 1. The van der Waals surface area contributed by atoms with Gasteiger partial charge in [-0.2, -0.15) is 0 Å². The van der Waals surface area contributed by atoms with Crippen molar-refractivity contribution in [2.45, 2.75) is 20.3 Å². The van der Waals surface area contributed by atoms with Gasteiger partial charge in [-0.25, -0.2) is 9.78 Å². The zero-order valence-corrected chi connectivity index (χ0v) is 12.4. The van der Waals surface area contributed by atoms with Gasteiger partial charge in [0, 0.05) is 19.2 Å². The van der Waals surface area contributed by atoms with Crippen LogP contribution in [0.3, 0.4) is 0 Å². The molecule has 1 fully saturated rings. The number of anilines is 1. The van der Waals surface area contributed by atoms with Crippen LogP contribution in [0.5, 0.6) is 0 Å². The van der Waals surface area contributed by atoms with Crippen LogP contribution in [0.25, 0.3) is 0 Å². The summed E-state index contributed by atoms with van der Waals surface area (Å²) in [7, 11) is 1.26. The van der Waals surface area contributed by atoms with Crippen LogP contribution in [0.4, 0.5) is 11.5 Å². The second-order valence-electron chi connectivity index (χ2n) is 5.50. The molecule has 0 bridgehead atoms. The predicted molar refractivity (Wildman–Crippen MR) is 77.4 cm³/mol. The number of methoxy groups -OCH3 is 1. The van der Waals surface area contributed by atoms with E-state index in [4.69, 9.17) is 4.74 Å². The number of aromatic nitrogens is 1. The molecule has 2 heterocycles. The maximum Gasteiger partial charge on any atom is 0.341 e. The molecule has 1 aliphatic rings. The molecule has 1 aromatic rings. The second-order valence-corrected chi connectivity index (χ2v) is 5.50. The topological polar surface area (TPSA) is 85.6 Å². The lowest BCUT2D eigenvalue weighted by Crippen LogP contribution is -2.39. The third-order valence-corrected chi connectivity index (χ3v) is 4.10. The molecule has 2 atom stereocenters. The summed E-state index contributed by atoms with van der Waals surface area (Å²) in [6, 6.07) is 1.23. The van der Waals surface area contributed by atoms with E-state index in [0.717, 1.165) is 19.5 Å². The van der Waals surface area contributed by atoms with E-state index in [0.29, 0.717) is 17.7 Å². The number of nitrogens with zero attached hydrogens (tertiary/aromatic N) is 3. The summed E-state index contributed by atoms with van der Waals surface area (Å²) >= 11 is 0. The number of hydrogen-bond acceptors (Lipinski definition) is 6. The standard InChI is InChI=1S/C14H19N3O4/c1-9-4-5-16(8-10(9)2)13-12(14(18)21-3)6-11(7-15-13)17(19)20/h6-7,9-10H,4-5,8H2,1-3H3. The highest BCUT2D eigenvalue weighted by atomic mass is 16.6. The Kier molecular flexibility index (Phi) is 4.40. The van der Waals surface area contributed by atoms with E-state index in [9.17, 15) is 14.9 Å². The first-order valence-corrected chi connectivity index (χ1v) is 6.91. The van der Waals surface area contributed by atoms with Gasteiger partial charge >= 0.3 is 5.97 Å². The third kappa shape index (κ3) is 3.12. The van der Waals surface area contributed by atoms with E-state index in [1.807, 2.05) is 4.90 Å². The largest absolute Gasteiger partial charge is 0.465 e. The average Bonchev–Trinajstić information content (AvgIpc) is 2.48. The van der Waals surface area contributed by atoms with E-state index >= 15 is 0 Å². The van der Waals surface area contributed by atoms with Gasteiger partial charge in [0.2, 0.25) is 0 Å². The van der Waals surface area contributed by atoms with Crippen LogP contribution in [0, 0.1) is 22.0 Å². The molecule has 0 saturated carbocycles. The highest BCUT2D eigenvalue weighted by Crippen LogP contribution is 2.29. The molecule has 1 saturated heterocycles. The molecule has 0 amide bonds. The van der Waals surface area contributed by atoms with Gasteiger partial charge in [-0.3, -0.25) is 10.1 Å². The number of piperidine rings is 1. The van der Waals surface area contributed by atoms with Crippen LogP contribution < -0.4 is 4.90 Å². The van der Waals surface area contributed by atoms with E-state index in [1.165, 1.54) is 19.4 Å². The minimum Gasteiger partial charge on any atom is -0.465 e. The molecule has 7 nitrogen and oxygen atoms in total. The highest BCUT2D eigenvalue weighted by Gasteiger charge is 2.28. The Morgan fingerprint density at radius 3 is 2.76 bits per heavy atom. The fourth-order valence-electron chi connectivity index (χ4n) is 2.51. The lowest BCUT2D eigenvalue weighted by Gasteiger charge is -2.36. The molecule has 0 N–H and O–H groups in total. The van der Waals surface area contributed by atoms with Gasteiger partial charge in [0.1, 0.15) is 17.6 Å². The third-order valence-electron chi connectivity index (χ3n) is 4.10. The summed E-state index contributed by atoms with van der Waals surface area (Å²) in [6.45, 7) is 5.91. The van der Waals surface area contributed by atoms with Crippen LogP contribution in [-0.2, 0) is 4.74 Å². The van der Waals surface area contributed by atoms with Gasteiger partial charge in [-0.15, -0.1) is 0 Å². The average molecular weight is 293 g/mol. The number of ether oxygens (including phenoxy) is 1. The normalized spacial score (nSPS) is 22.0. The van der Waals surface area contributed by atoms with Crippen LogP contribution in [0.2, 0.25) is 0 Å². The molecule has 114 valence electrons. The lowest BCUT2D eigenvalue weighted by molar-refractivity contribution is -0.385. The van der Waals surface area contributed by atoms with E-state index in [1.54, 1.807) is 0 Å². The zero-order valence-electron chi connectivity index (χ0n) is 12.4. The Balaban J connectivity index is 2.38. The summed E-state index contributed by atoms with van der Waals surface area (Å²) in [4.78, 5) is 28.3. The van der Waals surface area contributed by atoms with Crippen molar-refractivity contribution in [1.29, 1.82) is 0 Å². The number of pyridine rings is 1. The Morgan fingerprint density at radius 1 is 1.48 bits per heavy atom. The lowest BCUT2D eigenvalue weighted by atomic mass is 9.88. The van der Waals surface area contributed by atoms with Gasteiger partial charge in [-0.05, 0) is 18.3 Å². The van der Waals surface area contributed by atoms with Gasteiger partial charge < -0.3 is 9.64 Å². The summed E-state index contributed by atoms with van der Waals surface area (Å²) in [5.74, 6) is 0.945. The minimum atomic E-state index is -0.604. The SMILES string of the molecule is COC(=O)c1cc([N+](=O)[O-])cnc1N1CCC(C)C(C)C1. The maximum atomic E-state index is 11.9. The van der Waals surface area contributed by atoms with E-state index in [2.05, 4.69) is 18.8 Å². The van der Waals surface area contributed by atoms with E-state index < -0.39 is 10.9 Å². The summed E-state index contributed by atoms with van der Waals surface area (Å²) in [6.07, 6.45) is 2.19. The summed E-state index contributed by atoms with van der Waals surface area (Å²) < 4.78 is 4.72. The van der Waals surface area contributed by atoms with Crippen molar-refractivity contribution >= 4 is 17.5 Å². The molecule has 21 heavy (non-hydrogen) atoms. The molecule has 1 aliphatic heterocycles. The fourth-order valence-corrected chi connectivity index (χ4v) is 2.51. The Morgan fingerprint density at radius 2 is 2.19 bits per heavy atom. The molecular weight excluding hydrogens is 274 g/mol. The first-order valence-electron chi connectivity index (χ1n) is 6.91. The van der Waals surface area contributed by atoms with Crippen molar-refractivity contribution < 1.29 is 14.5 Å². The number of nitro groups is 1. The molecular formula is C14H19N3O4. The molecule has 0 spiro atoms. The quantitative estimate of drug-likeness (QED) is 0.482. The number of carbonyl (C=O) groups excluding carboxylic acids is 1. The Labute approximate surface area is 123 Å². The fraction of sp³-hybridized carbons (Fsp3) is 0.571. The predicted octanol–water partition coefficient (Wildman–Crippen LogP) is 2.26. The molecule has 1 aromatic heterocycles. The number of rotatable bonds is 3.